The Balaban J connectivity index is 2.31. The molecule has 0 bridgehead atoms. The Bertz CT molecular complexity index is 592. The third-order valence-corrected chi connectivity index (χ3v) is 3.08. The fraction of sp³-hybridized carbons (Fsp3) is 0.188. The first-order valence-electron chi connectivity index (χ1n) is 6.22. The van der Waals surface area contributed by atoms with Crippen LogP contribution in [0, 0.1) is 20.8 Å². The lowest BCUT2D eigenvalue weighted by molar-refractivity contribution is 0.102. The van der Waals surface area contributed by atoms with E-state index in [0.29, 0.717) is 11.3 Å². The third-order valence-electron chi connectivity index (χ3n) is 3.08. The van der Waals surface area contributed by atoms with Crippen molar-refractivity contribution < 1.29 is 4.79 Å². The number of rotatable bonds is 2. The molecule has 0 aliphatic heterocycles. The summed E-state index contributed by atoms with van der Waals surface area (Å²) in [6, 6.07) is 11.3. The lowest BCUT2D eigenvalue weighted by atomic mass is 10.1. The molecule has 0 spiro atoms. The number of nitrogen functional groups attached to an aromatic ring is 1. The summed E-state index contributed by atoms with van der Waals surface area (Å²) >= 11 is 0. The predicted molar refractivity (Wildman–Crippen MR) is 79.5 cm³/mol. The SMILES string of the molecule is Cc1cc(N)cc(C(=O)Nc2c(C)cccc2C)c1. The van der Waals surface area contributed by atoms with Crippen molar-refractivity contribution in [1.29, 1.82) is 0 Å². The van der Waals surface area contributed by atoms with E-state index >= 15 is 0 Å². The zero-order valence-electron chi connectivity index (χ0n) is 11.4. The van der Waals surface area contributed by atoms with Crippen LogP contribution in [0.25, 0.3) is 0 Å². The third kappa shape index (κ3) is 2.94. The molecule has 3 N–H and O–H groups in total. The van der Waals surface area contributed by atoms with Crippen molar-refractivity contribution in [1.82, 2.24) is 0 Å². The summed E-state index contributed by atoms with van der Waals surface area (Å²) in [6.45, 7) is 5.88. The van der Waals surface area contributed by atoms with Gasteiger partial charge in [-0.25, -0.2) is 0 Å². The van der Waals surface area contributed by atoms with E-state index < -0.39 is 0 Å². The lowest BCUT2D eigenvalue weighted by Crippen LogP contribution is -2.14. The van der Waals surface area contributed by atoms with Gasteiger partial charge in [0, 0.05) is 16.9 Å². The molecular weight excluding hydrogens is 236 g/mol. The molecule has 2 aromatic rings. The Hall–Kier alpha value is -2.29. The smallest absolute Gasteiger partial charge is 0.255 e. The lowest BCUT2D eigenvalue weighted by Gasteiger charge is -2.12. The number of hydrogen-bond donors (Lipinski definition) is 2. The van der Waals surface area contributed by atoms with E-state index in [2.05, 4.69) is 5.32 Å². The summed E-state index contributed by atoms with van der Waals surface area (Å²) in [5.74, 6) is -0.132. The minimum atomic E-state index is -0.132. The quantitative estimate of drug-likeness (QED) is 0.806. The molecule has 0 aliphatic carbocycles. The second-order valence-corrected chi connectivity index (χ2v) is 4.85. The van der Waals surface area contributed by atoms with Crippen LogP contribution < -0.4 is 11.1 Å². The molecule has 0 radical (unpaired) electrons. The Morgan fingerprint density at radius 3 is 2.26 bits per heavy atom. The Morgan fingerprint density at radius 1 is 1.05 bits per heavy atom. The maximum absolute atomic E-state index is 12.3. The molecule has 3 nitrogen and oxygen atoms in total. The largest absolute Gasteiger partial charge is 0.399 e. The fourth-order valence-corrected chi connectivity index (χ4v) is 2.14. The van der Waals surface area contributed by atoms with Crippen LogP contribution in [0.1, 0.15) is 27.0 Å². The number of carbonyl (C=O) groups is 1. The predicted octanol–water partition coefficient (Wildman–Crippen LogP) is 3.45. The fourth-order valence-electron chi connectivity index (χ4n) is 2.14. The molecule has 0 aliphatic rings. The van der Waals surface area contributed by atoms with Gasteiger partial charge in [0.1, 0.15) is 0 Å². The molecule has 98 valence electrons. The topological polar surface area (TPSA) is 55.1 Å². The second kappa shape index (κ2) is 5.14. The molecule has 0 fully saturated rings. The van der Waals surface area contributed by atoms with Crippen molar-refractivity contribution in [2.75, 3.05) is 11.1 Å². The van der Waals surface area contributed by atoms with Crippen molar-refractivity contribution >= 4 is 17.3 Å². The Labute approximate surface area is 113 Å². The number of nitrogens with two attached hydrogens (primary N) is 1. The zero-order chi connectivity index (χ0) is 14.0. The summed E-state index contributed by atoms with van der Waals surface area (Å²) in [6.07, 6.45) is 0. The van der Waals surface area contributed by atoms with E-state index in [4.69, 9.17) is 5.73 Å². The number of amides is 1. The van der Waals surface area contributed by atoms with Crippen molar-refractivity contribution in [3.05, 3.63) is 58.7 Å². The molecule has 0 unspecified atom stereocenters. The van der Waals surface area contributed by atoms with E-state index in [-0.39, 0.29) is 5.91 Å². The van der Waals surface area contributed by atoms with Crippen LogP contribution in [0.2, 0.25) is 0 Å². The first-order chi connectivity index (χ1) is 8.97. The monoisotopic (exact) mass is 254 g/mol. The normalized spacial score (nSPS) is 10.3. The van der Waals surface area contributed by atoms with Gasteiger partial charge in [-0.1, -0.05) is 18.2 Å². The number of anilines is 2. The van der Waals surface area contributed by atoms with Gasteiger partial charge in [-0.2, -0.15) is 0 Å². The molecule has 19 heavy (non-hydrogen) atoms. The summed E-state index contributed by atoms with van der Waals surface area (Å²) < 4.78 is 0. The minimum Gasteiger partial charge on any atom is -0.399 e. The summed E-state index contributed by atoms with van der Waals surface area (Å²) in [5, 5.41) is 2.95. The van der Waals surface area contributed by atoms with Gasteiger partial charge < -0.3 is 11.1 Å². The molecular formula is C16H18N2O. The average molecular weight is 254 g/mol. The van der Waals surface area contributed by atoms with E-state index in [9.17, 15) is 4.79 Å². The maximum atomic E-state index is 12.3. The van der Waals surface area contributed by atoms with Crippen LogP contribution in [0.5, 0.6) is 0 Å². The summed E-state index contributed by atoms with van der Waals surface area (Å²) in [5.41, 5.74) is 10.9. The van der Waals surface area contributed by atoms with Gasteiger partial charge in [0.25, 0.3) is 5.91 Å². The molecule has 0 aromatic heterocycles. The molecule has 0 atom stereocenters. The second-order valence-electron chi connectivity index (χ2n) is 4.85. The first-order valence-corrected chi connectivity index (χ1v) is 6.22. The van der Waals surface area contributed by atoms with Gasteiger partial charge >= 0.3 is 0 Å². The molecule has 0 saturated carbocycles. The number of para-hydroxylation sites is 1. The van der Waals surface area contributed by atoms with Crippen molar-refractivity contribution in [2.24, 2.45) is 0 Å². The van der Waals surface area contributed by atoms with E-state index in [0.717, 1.165) is 22.4 Å². The highest BCUT2D eigenvalue weighted by Gasteiger charge is 2.10. The van der Waals surface area contributed by atoms with E-state index in [1.54, 1.807) is 6.07 Å². The number of aryl methyl sites for hydroxylation is 3. The van der Waals surface area contributed by atoms with Crippen LogP contribution >= 0.6 is 0 Å². The van der Waals surface area contributed by atoms with Crippen molar-refractivity contribution in [2.45, 2.75) is 20.8 Å². The van der Waals surface area contributed by atoms with Gasteiger partial charge in [0.15, 0.2) is 0 Å². The molecule has 0 heterocycles. The number of nitrogens with one attached hydrogen (secondary N) is 1. The van der Waals surface area contributed by atoms with Gasteiger partial charge in [-0.3, -0.25) is 4.79 Å². The molecule has 2 aromatic carbocycles. The minimum absolute atomic E-state index is 0.132. The van der Waals surface area contributed by atoms with Crippen LogP contribution in [0.15, 0.2) is 36.4 Å². The molecule has 3 heteroatoms. The highest BCUT2D eigenvalue weighted by Crippen LogP contribution is 2.21. The van der Waals surface area contributed by atoms with Gasteiger partial charge in [0.05, 0.1) is 0 Å². The van der Waals surface area contributed by atoms with E-state index in [1.807, 2.05) is 51.1 Å². The number of hydrogen-bond acceptors (Lipinski definition) is 2. The van der Waals surface area contributed by atoms with Crippen molar-refractivity contribution in [3.8, 4) is 0 Å². The Morgan fingerprint density at radius 2 is 1.68 bits per heavy atom. The molecule has 2 rings (SSSR count). The van der Waals surface area contributed by atoms with E-state index in [1.165, 1.54) is 0 Å². The van der Waals surface area contributed by atoms with Crippen LogP contribution in [0.4, 0.5) is 11.4 Å². The van der Waals surface area contributed by atoms with Crippen LogP contribution in [0.3, 0.4) is 0 Å². The first kappa shape index (κ1) is 13.1. The average Bonchev–Trinajstić information content (AvgIpc) is 2.32. The standard InChI is InChI=1S/C16H18N2O/c1-10-7-13(9-14(17)8-10)16(19)18-15-11(2)5-4-6-12(15)3/h4-9H,17H2,1-3H3,(H,18,19). The van der Waals surface area contributed by atoms with Crippen molar-refractivity contribution in [3.63, 3.8) is 0 Å². The van der Waals surface area contributed by atoms with Crippen LogP contribution in [-0.2, 0) is 0 Å². The highest BCUT2D eigenvalue weighted by atomic mass is 16.1. The number of carbonyl (C=O) groups excluding carboxylic acids is 1. The zero-order valence-corrected chi connectivity index (χ0v) is 11.4. The number of benzene rings is 2. The maximum Gasteiger partial charge on any atom is 0.255 e. The highest BCUT2D eigenvalue weighted by molar-refractivity contribution is 6.05. The summed E-state index contributed by atoms with van der Waals surface area (Å²) in [4.78, 5) is 12.3. The van der Waals surface area contributed by atoms with Gasteiger partial charge in [-0.15, -0.1) is 0 Å². The Kier molecular flexibility index (Phi) is 3.56. The van der Waals surface area contributed by atoms with Gasteiger partial charge in [-0.05, 0) is 55.7 Å². The summed E-state index contributed by atoms with van der Waals surface area (Å²) in [7, 11) is 0. The van der Waals surface area contributed by atoms with Gasteiger partial charge in [0.2, 0.25) is 0 Å². The van der Waals surface area contributed by atoms with Crippen LogP contribution in [-0.4, -0.2) is 5.91 Å². The molecule has 0 saturated heterocycles. The molecule has 1 amide bonds.